The van der Waals surface area contributed by atoms with Gasteiger partial charge in [0.15, 0.2) is 6.23 Å². The molecule has 1 atom stereocenters. The number of anilines is 1. The van der Waals surface area contributed by atoms with Crippen LogP contribution in [0.25, 0.3) is 6.08 Å². The minimum absolute atomic E-state index is 0.0416. The second-order valence-corrected chi connectivity index (χ2v) is 5.43. The maximum Gasteiger partial charge on any atom is 0.299 e. The first-order valence-corrected chi connectivity index (χ1v) is 7.14. The predicted octanol–water partition coefficient (Wildman–Crippen LogP) is 3.64. The highest BCUT2D eigenvalue weighted by Crippen LogP contribution is 2.40. The summed E-state index contributed by atoms with van der Waals surface area (Å²) in [5.74, 6) is 0. The summed E-state index contributed by atoms with van der Waals surface area (Å²) in [6, 6.07) is 8.23. The van der Waals surface area contributed by atoms with Crippen LogP contribution in [0, 0.1) is 20.2 Å². The maximum absolute atomic E-state index is 11.3. The molecule has 0 saturated heterocycles. The van der Waals surface area contributed by atoms with Crippen molar-refractivity contribution in [2.45, 2.75) is 6.23 Å². The summed E-state index contributed by atoms with van der Waals surface area (Å²) in [6.45, 7) is 0. The first kappa shape index (κ1) is 15.9. The van der Waals surface area contributed by atoms with Crippen LogP contribution in [-0.2, 0) is 0 Å². The van der Waals surface area contributed by atoms with Gasteiger partial charge < -0.3 is 10.0 Å². The number of aliphatic hydroxyl groups excluding tert-OH is 1. The zero-order chi connectivity index (χ0) is 17.4. The standard InChI is InChI=1S/C15H10ClN3O5/c16-12-3-1-2-11-10(12)6-7-17(15(11)20)13-5-4-9(18(21)22)8-14(13)19(23)24/h1-8,15,20H. The van der Waals surface area contributed by atoms with Gasteiger partial charge in [0.1, 0.15) is 5.69 Å². The zero-order valence-electron chi connectivity index (χ0n) is 12.0. The lowest BCUT2D eigenvalue weighted by Crippen LogP contribution is -2.26. The molecule has 2 aromatic carbocycles. The molecule has 8 nitrogen and oxygen atoms in total. The molecule has 0 aromatic heterocycles. The van der Waals surface area contributed by atoms with Crippen molar-refractivity contribution in [1.82, 2.24) is 0 Å². The van der Waals surface area contributed by atoms with Crippen LogP contribution in [-0.4, -0.2) is 15.0 Å². The van der Waals surface area contributed by atoms with Crippen LogP contribution < -0.4 is 4.90 Å². The van der Waals surface area contributed by atoms with Gasteiger partial charge in [-0.2, -0.15) is 0 Å². The fraction of sp³-hybridized carbons (Fsp3) is 0.0667. The molecule has 1 aliphatic heterocycles. The number of nitro groups is 2. The van der Waals surface area contributed by atoms with E-state index in [4.69, 9.17) is 11.6 Å². The summed E-state index contributed by atoms with van der Waals surface area (Å²) in [6.07, 6.45) is 1.87. The Morgan fingerprint density at radius 3 is 2.54 bits per heavy atom. The van der Waals surface area contributed by atoms with E-state index in [0.29, 0.717) is 16.1 Å². The van der Waals surface area contributed by atoms with Crippen LogP contribution in [0.4, 0.5) is 17.1 Å². The summed E-state index contributed by atoms with van der Waals surface area (Å²) in [5, 5.41) is 33.1. The van der Waals surface area contributed by atoms with Gasteiger partial charge >= 0.3 is 0 Å². The molecule has 122 valence electrons. The predicted molar refractivity (Wildman–Crippen MR) is 87.7 cm³/mol. The Balaban J connectivity index is 2.11. The molecule has 9 heteroatoms. The van der Waals surface area contributed by atoms with Crippen LogP contribution >= 0.6 is 11.6 Å². The van der Waals surface area contributed by atoms with Crippen molar-refractivity contribution >= 4 is 34.7 Å². The Morgan fingerprint density at radius 1 is 1.12 bits per heavy atom. The van der Waals surface area contributed by atoms with E-state index in [9.17, 15) is 25.3 Å². The average molecular weight is 348 g/mol. The molecule has 0 amide bonds. The number of non-ortho nitro benzene ring substituents is 1. The van der Waals surface area contributed by atoms with Crippen molar-refractivity contribution in [2.24, 2.45) is 0 Å². The van der Waals surface area contributed by atoms with Gasteiger partial charge in [-0.1, -0.05) is 23.7 Å². The first-order valence-electron chi connectivity index (χ1n) is 6.76. The third kappa shape index (κ3) is 2.57. The molecule has 0 bridgehead atoms. The highest BCUT2D eigenvalue weighted by molar-refractivity contribution is 6.32. The number of benzene rings is 2. The molecular weight excluding hydrogens is 338 g/mol. The van der Waals surface area contributed by atoms with Gasteiger partial charge in [0.25, 0.3) is 11.4 Å². The Bertz CT molecular complexity index is 883. The lowest BCUT2D eigenvalue weighted by Gasteiger charge is -2.31. The number of fused-ring (bicyclic) bond motifs is 1. The summed E-state index contributed by atoms with van der Waals surface area (Å²) in [7, 11) is 0. The fourth-order valence-corrected chi connectivity index (χ4v) is 2.79. The highest BCUT2D eigenvalue weighted by atomic mass is 35.5. The molecule has 0 radical (unpaired) electrons. The average Bonchev–Trinajstić information content (AvgIpc) is 2.55. The maximum atomic E-state index is 11.3. The van der Waals surface area contributed by atoms with Crippen LogP contribution in [0.15, 0.2) is 42.6 Å². The van der Waals surface area contributed by atoms with E-state index < -0.39 is 27.4 Å². The Morgan fingerprint density at radius 2 is 1.88 bits per heavy atom. The van der Waals surface area contributed by atoms with Crippen molar-refractivity contribution in [2.75, 3.05) is 4.90 Å². The third-order valence-corrected chi connectivity index (χ3v) is 4.00. The summed E-state index contributed by atoms with van der Waals surface area (Å²) in [5.41, 5.74) is 0.271. The summed E-state index contributed by atoms with van der Waals surface area (Å²) >= 11 is 6.07. The van der Waals surface area contributed by atoms with Crippen LogP contribution in [0.2, 0.25) is 5.02 Å². The van der Waals surface area contributed by atoms with Crippen molar-refractivity contribution in [3.63, 3.8) is 0 Å². The molecule has 0 saturated carbocycles. The summed E-state index contributed by atoms with van der Waals surface area (Å²) < 4.78 is 0. The Labute approximate surface area is 140 Å². The Hall–Kier alpha value is -2.97. The number of hydrogen-bond donors (Lipinski definition) is 1. The van der Waals surface area contributed by atoms with Crippen LogP contribution in [0.5, 0.6) is 0 Å². The van der Waals surface area contributed by atoms with Crippen molar-refractivity contribution in [1.29, 1.82) is 0 Å². The number of nitrogens with zero attached hydrogens (tertiary/aromatic N) is 3. The van der Waals surface area contributed by atoms with Crippen LogP contribution in [0.3, 0.4) is 0 Å². The quantitative estimate of drug-likeness (QED) is 0.670. The minimum Gasteiger partial charge on any atom is -0.369 e. The monoisotopic (exact) mass is 347 g/mol. The largest absolute Gasteiger partial charge is 0.369 e. The van der Waals surface area contributed by atoms with Crippen molar-refractivity contribution < 1.29 is 15.0 Å². The van der Waals surface area contributed by atoms with Gasteiger partial charge in [-0.05, 0) is 18.2 Å². The van der Waals surface area contributed by atoms with E-state index in [1.165, 1.54) is 17.2 Å². The zero-order valence-corrected chi connectivity index (χ0v) is 12.8. The number of halogens is 1. The van der Waals surface area contributed by atoms with Gasteiger partial charge in [-0.25, -0.2) is 0 Å². The molecule has 24 heavy (non-hydrogen) atoms. The van der Waals surface area contributed by atoms with E-state index in [1.54, 1.807) is 24.3 Å². The van der Waals surface area contributed by atoms with Gasteiger partial charge in [0.05, 0.1) is 15.9 Å². The smallest absolute Gasteiger partial charge is 0.299 e. The van der Waals surface area contributed by atoms with Gasteiger partial charge in [-0.15, -0.1) is 0 Å². The molecular formula is C15H10ClN3O5. The molecule has 2 aromatic rings. The summed E-state index contributed by atoms with van der Waals surface area (Å²) in [4.78, 5) is 21.9. The second-order valence-electron chi connectivity index (χ2n) is 5.03. The molecule has 0 fully saturated rings. The molecule has 1 aliphatic rings. The van der Waals surface area contributed by atoms with Gasteiger partial charge in [0.2, 0.25) is 0 Å². The lowest BCUT2D eigenvalue weighted by molar-refractivity contribution is -0.393. The molecule has 0 spiro atoms. The molecule has 1 unspecified atom stereocenters. The molecule has 0 aliphatic carbocycles. The van der Waals surface area contributed by atoms with Crippen molar-refractivity contribution in [3.05, 3.63) is 79.0 Å². The van der Waals surface area contributed by atoms with E-state index >= 15 is 0 Å². The van der Waals surface area contributed by atoms with E-state index in [2.05, 4.69) is 0 Å². The third-order valence-electron chi connectivity index (χ3n) is 3.67. The molecule has 1 N–H and O–H groups in total. The number of aliphatic hydroxyl groups is 1. The SMILES string of the molecule is O=[N+]([O-])c1ccc(N2C=Cc3c(Cl)cccc3C2O)c([N+](=O)[O-])c1. The van der Waals surface area contributed by atoms with E-state index in [0.717, 1.165) is 12.1 Å². The molecule has 1 heterocycles. The normalized spacial score (nSPS) is 15.9. The Kier molecular flexibility index (Phi) is 3.92. The lowest BCUT2D eigenvalue weighted by atomic mass is 10.0. The number of rotatable bonds is 3. The second kappa shape index (κ2) is 5.91. The van der Waals surface area contributed by atoms with Gasteiger partial charge in [-0.3, -0.25) is 20.2 Å². The minimum atomic E-state index is -1.20. The van der Waals surface area contributed by atoms with Crippen LogP contribution in [0.1, 0.15) is 17.4 Å². The van der Waals surface area contributed by atoms with E-state index in [-0.39, 0.29) is 5.69 Å². The molecule has 3 rings (SSSR count). The first-order chi connectivity index (χ1) is 11.4. The fourth-order valence-electron chi connectivity index (χ4n) is 2.54. The van der Waals surface area contributed by atoms with E-state index in [1.807, 2.05) is 0 Å². The topological polar surface area (TPSA) is 110 Å². The number of nitro benzene ring substituents is 2. The number of hydrogen-bond acceptors (Lipinski definition) is 6. The van der Waals surface area contributed by atoms with Gasteiger partial charge in [0, 0.05) is 28.4 Å². The van der Waals surface area contributed by atoms with Crippen molar-refractivity contribution in [3.8, 4) is 0 Å². The highest BCUT2D eigenvalue weighted by Gasteiger charge is 2.30.